The van der Waals surface area contributed by atoms with Crippen molar-refractivity contribution in [2.45, 2.75) is 32.8 Å². The van der Waals surface area contributed by atoms with Gasteiger partial charge in [-0.25, -0.2) is 4.57 Å². The van der Waals surface area contributed by atoms with Gasteiger partial charge in [0.25, 0.3) is 0 Å². The summed E-state index contributed by atoms with van der Waals surface area (Å²) in [5.41, 5.74) is 4.91. The van der Waals surface area contributed by atoms with Gasteiger partial charge in [-0.1, -0.05) is 12.1 Å². The number of benzene rings is 1. The van der Waals surface area contributed by atoms with Crippen LogP contribution in [0.25, 0.3) is 11.3 Å². The molecule has 0 atom stereocenters. The third-order valence-electron chi connectivity index (χ3n) is 3.75. The van der Waals surface area contributed by atoms with Crippen molar-refractivity contribution in [1.29, 1.82) is 0 Å². The van der Waals surface area contributed by atoms with Crippen LogP contribution in [-0.2, 0) is 13.5 Å². The smallest absolute Gasteiger partial charge is 0.216 e. The monoisotopic (exact) mass is 254 g/mol. The first-order valence-electron chi connectivity index (χ1n) is 6.74. The van der Waals surface area contributed by atoms with E-state index in [1.165, 1.54) is 22.4 Å². The molecule has 1 aliphatic rings. The number of hydrogen-bond acceptors (Lipinski definition) is 1. The van der Waals surface area contributed by atoms with E-state index in [1.807, 2.05) is 6.07 Å². The summed E-state index contributed by atoms with van der Waals surface area (Å²) in [5.74, 6) is 1.06. The Hall–Kier alpha value is -1.83. The molecular formula is C17H20NO+. The van der Waals surface area contributed by atoms with E-state index in [1.54, 1.807) is 0 Å². The molecule has 2 aromatic rings. The predicted octanol–water partition coefficient (Wildman–Crippen LogP) is 3.20. The van der Waals surface area contributed by atoms with Gasteiger partial charge in [0.2, 0.25) is 5.69 Å². The minimum Gasteiger partial charge on any atom is -0.486 e. The minimum absolute atomic E-state index is 0.0990. The molecular weight excluding hydrogens is 234 g/mol. The van der Waals surface area contributed by atoms with Gasteiger partial charge in [0, 0.05) is 18.6 Å². The number of pyridine rings is 1. The maximum atomic E-state index is 6.20. The predicted molar refractivity (Wildman–Crippen MR) is 76.2 cm³/mol. The summed E-state index contributed by atoms with van der Waals surface area (Å²) < 4.78 is 8.35. The zero-order valence-electron chi connectivity index (χ0n) is 12.0. The molecule has 0 amide bonds. The highest BCUT2D eigenvalue weighted by atomic mass is 16.5. The third-order valence-corrected chi connectivity index (χ3v) is 3.75. The summed E-state index contributed by atoms with van der Waals surface area (Å²) in [7, 11) is 2.08. The first kappa shape index (κ1) is 12.2. The van der Waals surface area contributed by atoms with Crippen LogP contribution in [0.2, 0.25) is 0 Å². The van der Waals surface area contributed by atoms with Gasteiger partial charge < -0.3 is 4.74 Å². The Morgan fingerprint density at radius 1 is 1.16 bits per heavy atom. The maximum absolute atomic E-state index is 6.20. The minimum atomic E-state index is -0.0990. The normalized spacial score (nSPS) is 16.0. The van der Waals surface area contributed by atoms with E-state index in [4.69, 9.17) is 4.74 Å². The summed E-state index contributed by atoms with van der Waals surface area (Å²) in [4.78, 5) is 0. The lowest BCUT2D eigenvalue weighted by atomic mass is 9.96. The van der Waals surface area contributed by atoms with Gasteiger partial charge >= 0.3 is 0 Å². The van der Waals surface area contributed by atoms with Crippen LogP contribution in [0.4, 0.5) is 0 Å². The zero-order chi connectivity index (χ0) is 13.6. The Bertz CT molecular complexity index is 644. The average Bonchev–Trinajstić information content (AvgIpc) is 2.65. The maximum Gasteiger partial charge on any atom is 0.216 e. The molecule has 0 saturated carbocycles. The third kappa shape index (κ3) is 2.01. The Kier molecular flexibility index (Phi) is 2.63. The molecule has 1 aromatic carbocycles. The van der Waals surface area contributed by atoms with Gasteiger partial charge in [-0.2, -0.15) is 0 Å². The molecule has 0 unspecified atom stereocenters. The lowest BCUT2D eigenvalue weighted by Gasteiger charge is -2.18. The Morgan fingerprint density at radius 2 is 1.95 bits per heavy atom. The molecule has 3 rings (SSSR count). The fourth-order valence-electron chi connectivity index (χ4n) is 2.85. The second-order valence-electron chi connectivity index (χ2n) is 5.98. The summed E-state index contributed by atoms with van der Waals surface area (Å²) in [5, 5.41) is 0. The molecule has 0 fully saturated rings. The highest BCUT2D eigenvalue weighted by molar-refractivity contribution is 5.72. The first-order valence-corrected chi connectivity index (χ1v) is 6.74. The number of fused-ring (bicyclic) bond motifs is 1. The number of ether oxygens (including phenoxy) is 1. The van der Waals surface area contributed by atoms with E-state index < -0.39 is 0 Å². The summed E-state index contributed by atoms with van der Waals surface area (Å²) in [6.45, 7) is 6.45. The molecule has 98 valence electrons. The molecule has 19 heavy (non-hydrogen) atoms. The topological polar surface area (TPSA) is 13.1 Å². The van der Waals surface area contributed by atoms with Crippen molar-refractivity contribution in [1.82, 2.24) is 0 Å². The molecule has 0 radical (unpaired) electrons. The average molecular weight is 254 g/mol. The fourth-order valence-corrected chi connectivity index (χ4v) is 2.85. The Morgan fingerprint density at radius 3 is 2.68 bits per heavy atom. The lowest BCUT2D eigenvalue weighted by Crippen LogP contribution is -2.30. The van der Waals surface area contributed by atoms with Gasteiger partial charge in [-0.15, -0.1) is 0 Å². The van der Waals surface area contributed by atoms with Crippen molar-refractivity contribution in [2.75, 3.05) is 0 Å². The van der Waals surface area contributed by atoms with Crippen molar-refractivity contribution in [3.8, 4) is 17.0 Å². The van der Waals surface area contributed by atoms with E-state index in [0.29, 0.717) is 0 Å². The van der Waals surface area contributed by atoms with Crippen LogP contribution in [0.15, 0.2) is 36.5 Å². The molecule has 2 heteroatoms. The van der Waals surface area contributed by atoms with Crippen LogP contribution < -0.4 is 9.30 Å². The summed E-state index contributed by atoms with van der Waals surface area (Å²) in [6, 6.07) is 10.7. The molecule has 2 nitrogen and oxygen atoms in total. The van der Waals surface area contributed by atoms with Crippen molar-refractivity contribution in [3.05, 3.63) is 47.7 Å². The second-order valence-corrected chi connectivity index (χ2v) is 5.98. The van der Waals surface area contributed by atoms with Gasteiger partial charge in [-0.3, -0.25) is 0 Å². The van der Waals surface area contributed by atoms with E-state index in [2.05, 4.69) is 62.8 Å². The molecule has 0 N–H and O–H groups in total. The highest BCUT2D eigenvalue weighted by Gasteiger charge is 2.34. The molecule has 0 saturated heterocycles. The lowest BCUT2D eigenvalue weighted by molar-refractivity contribution is -0.660. The second kappa shape index (κ2) is 4.09. The van der Waals surface area contributed by atoms with E-state index in [0.717, 1.165) is 12.2 Å². The molecule has 0 bridgehead atoms. The molecule has 2 heterocycles. The van der Waals surface area contributed by atoms with Crippen molar-refractivity contribution in [3.63, 3.8) is 0 Å². The zero-order valence-corrected chi connectivity index (χ0v) is 12.0. The molecule has 1 aromatic heterocycles. The quantitative estimate of drug-likeness (QED) is 0.712. The van der Waals surface area contributed by atoms with Crippen molar-refractivity contribution >= 4 is 0 Å². The van der Waals surface area contributed by atoms with Crippen LogP contribution >= 0.6 is 0 Å². The van der Waals surface area contributed by atoms with E-state index >= 15 is 0 Å². The van der Waals surface area contributed by atoms with Crippen LogP contribution in [-0.4, -0.2) is 5.60 Å². The molecule has 0 aliphatic carbocycles. The number of aromatic nitrogens is 1. The van der Waals surface area contributed by atoms with E-state index in [9.17, 15) is 0 Å². The standard InChI is InChI=1S/C17H20NO/c1-12-8-9-13-11-17(2,3)19-16(13)15(12)14-7-5-6-10-18(14)4/h5-10H,11H2,1-4H3/q+1. The van der Waals surface area contributed by atoms with Crippen molar-refractivity contribution in [2.24, 2.45) is 7.05 Å². The molecule has 0 spiro atoms. The number of nitrogens with zero attached hydrogens (tertiary/aromatic N) is 1. The number of hydrogen-bond donors (Lipinski definition) is 0. The van der Waals surface area contributed by atoms with Crippen LogP contribution in [0.3, 0.4) is 0 Å². The fraction of sp³-hybridized carbons (Fsp3) is 0.353. The van der Waals surface area contributed by atoms with E-state index in [-0.39, 0.29) is 5.60 Å². The van der Waals surface area contributed by atoms with Crippen LogP contribution in [0.1, 0.15) is 25.0 Å². The highest BCUT2D eigenvalue weighted by Crippen LogP contribution is 2.42. The van der Waals surface area contributed by atoms with Gasteiger partial charge in [0.1, 0.15) is 18.4 Å². The summed E-state index contributed by atoms with van der Waals surface area (Å²) >= 11 is 0. The number of rotatable bonds is 1. The Balaban J connectivity index is 2.24. The van der Waals surface area contributed by atoms with Gasteiger partial charge in [0.05, 0.1) is 5.56 Å². The van der Waals surface area contributed by atoms with Gasteiger partial charge in [0.15, 0.2) is 6.20 Å². The largest absolute Gasteiger partial charge is 0.486 e. The van der Waals surface area contributed by atoms with Gasteiger partial charge in [-0.05, 0) is 38.0 Å². The SMILES string of the molecule is Cc1ccc2c(c1-c1cccc[n+]1C)OC(C)(C)C2. The van der Waals surface area contributed by atoms with Crippen LogP contribution in [0, 0.1) is 6.92 Å². The number of aryl methyl sites for hydroxylation is 2. The van der Waals surface area contributed by atoms with Crippen LogP contribution in [0.5, 0.6) is 5.75 Å². The van der Waals surface area contributed by atoms with Crippen molar-refractivity contribution < 1.29 is 9.30 Å². The Labute approximate surface area is 114 Å². The first-order chi connectivity index (χ1) is 8.98. The summed E-state index contributed by atoms with van der Waals surface area (Å²) in [6.07, 6.45) is 3.06. The molecule has 1 aliphatic heterocycles.